The van der Waals surface area contributed by atoms with Crippen LogP contribution in [0, 0.1) is 5.92 Å². The summed E-state index contributed by atoms with van der Waals surface area (Å²) >= 11 is 0. The molecule has 0 bridgehead atoms. The number of fused-ring (bicyclic) bond motifs is 1. The fourth-order valence-corrected chi connectivity index (χ4v) is 5.50. The molecule has 1 saturated carbocycles. The Morgan fingerprint density at radius 3 is 2.63 bits per heavy atom. The quantitative estimate of drug-likeness (QED) is 0.483. The van der Waals surface area contributed by atoms with Gasteiger partial charge >= 0.3 is 0 Å². The van der Waals surface area contributed by atoms with Crippen molar-refractivity contribution < 1.29 is 9.84 Å². The topological polar surface area (TPSA) is 82.5 Å². The smallest absolute Gasteiger partial charge is 0.274 e. The van der Waals surface area contributed by atoms with E-state index >= 15 is 0 Å². The third kappa shape index (κ3) is 4.90. The van der Waals surface area contributed by atoms with Crippen LogP contribution in [0.1, 0.15) is 45.1 Å². The number of piperidine rings is 1. The van der Waals surface area contributed by atoms with Crippen LogP contribution in [0.2, 0.25) is 0 Å². The lowest BCUT2D eigenvalue weighted by molar-refractivity contribution is 0.0211. The average molecular weight is 479 g/mol. The van der Waals surface area contributed by atoms with Crippen molar-refractivity contribution in [3.8, 4) is 16.9 Å². The van der Waals surface area contributed by atoms with Crippen LogP contribution < -0.4 is 15.6 Å². The second-order valence-electron chi connectivity index (χ2n) is 11.0. The maximum absolute atomic E-state index is 12.6. The van der Waals surface area contributed by atoms with E-state index in [9.17, 15) is 9.90 Å². The normalized spacial score (nSPS) is 21.4. The van der Waals surface area contributed by atoms with E-state index in [-0.39, 0.29) is 11.7 Å². The van der Waals surface area contributed by atoms with Gasteiger partial charge in [-0.2, -0.15) is 0 Å². The lowest BCUT2D eigenvalue weighted by Crippen LogP contribution is -2.49. The molecule has 3 aromatic rings. The number of benzene rings is 1. The van der Waals surface area contributed by atoms with Crippen molar-refractivity contribution >= 4 is 10.9 Å². The zero-order valence-corrected chi connectivity index (χ0v) is 21.3. The first-order chi connectivity index (χ1) is 16.7. The van der Waals surface area contributed by atoms with Crippen LogP contribution in [-0.4, -0.2) is 58.4 Å². The predicted octanol–water partition coefficient (Wildman–Crippen LogP) is 3.60. The zero-order valence-electron chi connectivity index (χ0n) is 21.3. The van der Waals surface area contributed by atoms with Gasteiger partial charge in [-0.05, 0) is 76.5 Å². The molecule has 3 N–H and O–H groups in total. The van der Waals surface area contributed by atoms with Crippen molar-refractivity contribution in [3.63, 3.8) is 0 Å². The molecule has 35 heavy (non-hydrogen) atoms. The van der Waals surface area contributed by atoms with E-state index in [2.05, 4.69) is 22.2 Å². The third-order valence-electron chi connectivity index (χ3n) is 7.86. The van der Waals surface area contributed by atoms with Gasteiger partial charge in [0.1, 0.15) is 17.4 Å². The number of aliphatic hydroxyl groups is 1. The second kappa shape index (κ2) is 9.45. The number of nitrogens with zero attached hydrogens (tertiary/aromatic N) is 2. The maximum Gasteiger partial charge on any atom is 0.274 e. The Balaban J connectivity index is 1.38. The molecule has 2 aromatic heterocycles. The van der Waals surface area contributed by atoms with Crippen LogP contribution in [0.5, 0.6) is 5.75 Å². The van der Waals surface area contributed by atoms with E-state index in [0.29, 0.717) is 11.6 Å². The Hall–Kier alpha value is -2.61. The van der Waals surface area contributed by atoms with Crippen molar-refractivity contribution in [1.29, 1.82) is 0 Å². The summed E-state index contributed by atoms with van der Waals surface area (Å²) in [5.41, 5.74) is 2.16. The van der Waals surface area contributed by atoms with E-state index in [1.54, 1.807) is 31.7 Å². The van der Waals surface area contributed by atoms with Crippen molar-refractivity contribution in [2.45, 2.75) is 57.3 Å². The van der Waals surface area contributed by atoms with Gasteiger partial charge < -0.3 is 29.6 Å². The fourth-order valence-electron chi connectivity index (χ4n) is 5.50. The molecule has 1 aliphatic carbocycles. The molecule has 7 heteroatoms. The molecular weight excluding hydrogens is 440 g/mol. The number of rotatable bonds is 7. The van der Waals surface area contributed by atoms with Gasteiger partial charge in [-0.1, -0.05) is 6.07 Å². The Morgan fingerprint density at radius 1 is 1.17 bits per heavy atom. The van der Waals surface area contributed by atoms with Crippen molar-refractivity contribution in [1.82, 2.24) is 19.8 Å². The first-order valence-electron chi connectivity index (χ1n) is 12.8. The second-order valence-corrected chi connectivity index (χ2v) is 11.0. The van der Waals surface area contributed by atoms with E-state index in [1.165, 1.54) is 12.8 Å². The molecule has 0 amide bonds. The van der Waals surface area contributed by atoms with Gasteiger partial charge in [0.2, 0.25) is 0 Å². The molecule has 0 radical (unpaired) electrons. The summed E-state index contributed by atoms with van der Waals surface area (Å²) in [5.74, 6) is 1.58. The molecule has 1 aromatic carbocycles. The molecule has 3 heterocycles. The molecule has 1 saturated heterocycles. The SMILES string of the molecule is CN(CC1CCNCC1)C1CC(Oc2ccc(C(C)(C)O)cc2-c2cn(C)c(=O)c3[nH]ccc23)C1. The standard InChI is InChI=1S/C28H38N4O3/c1-28(2,34)19-5-6-25(23(13-19)24-17-32(4)27(33)26-22(24)9-12-30-26)35-21-14-20(15-21)31(3)16-18-7-10-29-11-8-18/h5-6,9,12-13,17-18,20-21,29-30,34H,7-8,10-11,14-16H2,1-4H3. The number of ether oxygens (including phenoxy) is 1. The van der Waals surface area contributed by atoms with Gasteiger partial charge in [0, 0.05) is 61.4 Å². The predicted molar refractivity (Wildman–Crippen MR) is 140 cm³/mol. The van der Waals surface area contributed by atoms with Crippen LogP contribution in [0.4, 0.5) is 0 Å². The number of aryl methyl sites for hydroxylation is 1. The van der Waals surface area contributed by atoms with Crippen molar-refractivity contribution in [3.05, 3.63) is 52.6 Å². The molecule has 188 valence electrons. The van der Waals surface area contributed by atoms with Gasteiger partial charge in [-0.3, -0.25) is 4.79 Å². The van der Waals surface area contributed by atoms with Crippen molar-refractivity contribution in [2.24, 2.45) is 13.0 Å². The van der Waals surface area contributed by atoms with E-state index < -0.39 is 5.60 Å². The average Bonchev–Trinajstić information content (AvgIpc) is 3.29. The number of aromatic nitrogens is 2. The molecule has 2 aliphatic rings. The van der Waals surface area contributed by atoms with E-state index in [1.807, 2.05) is 30.5 Å². The summed E-state index contributed by atoms with van der Waals surface area (Å²) in [4.78, 5) is 18.2. The van der Waals surface area contributed by atoms with Crippen LogP contribution in [0.25, 0.3) is 22.0 Å². The molecule has 0 atom stereocenters. The monoisotopic (exact) mass is 478 g/mol. The maximum atomic E-state index is 12.6. The molecule has 5 rings (SSSR count). The van der Waals surface area contributed by atoms with Gasteiger partial charge in [0.15, 0.2) is 0 Å². The van der Waals surface area contributed by atoms with E-state index in [0.717, 1.165) is 66.2 Å². The Morgan fingerprint density at radius 2 is 1.91 bits per heavy atom. The summed E-state index contributed by atoms with van der Waals surface area (Å²) < 4.78 is 8.15. The van der Waals surface area contributed by atoms with Gasteiger partial charge in [-0.15, -0.1) is 0 Å². The molecule has 0 spiro atoms. The number of aromatic amines is 1. The number of pyridine rings is 1. The Kier molecular flexibility index (Phi) is 6.51. The summed E-state index contributed by atoms with van der Waals surface area (Å²) in [6, 6.07) is 8.40. The summed E-state index contributed by atoms with van der Waals surface area (Å²) in [6.45, 7) is 7.01. The molecule has 2 fully saturated rings. The van der Waals surface area contributed by atoms with Gasteiger partial charge in [0.05, 0.1) is 5.60 Å². The minimum absolute atomic E-state index is 0.0616. The molecule has 0 unspecified atom stereocenters. The zero-order chi connectivity index (χ0) is 24.7. The van der Waals surface area contributed by atoms with Crippen molar-refractivity contribution in [2.75, 3.05) is 26.7 Å². The number of nitrogens with one attached hydrogen (secondary N) is 2. The van der Waals surface area contributed by atoms with Gasteiger partial charge in [-0.25, -0.2) is 0 Å². The Labute approximate surface area is 207 Å². The highest BCUT2D eigenvalue weighted by Gasteiger charge is 2.35. The number of hydrogen-bond donors (Lipinski definition) is 3. The summed E-state index contributed by atoms with van der Waals surface area (Å²) in [6.07, 6.45) is 8.39. The lowest BCUT2D eigenvalue weighted by atomic mass is 9.86. The minimum Gasteiger partial charge on any atom is -0.490 e. The first-order valence-corrected chi connectivity index (χ1v) is 12.8. The van der Waals surface area contributed by atoms with Crippen LogP contribution in [-0.2, 0) is 12.6 Å². The number of hydrogen-bond acceptors (Lipinski definition) is 5. The summed E-state index contributed by atoms with van der Waals surface area (Å²) in [7, 11) is 4.01. The van der Waals surface area contributed by atoms with E-state index in [4.69, 9.17) is 4.74 Å². The highest BCUT2D eigenvalue weighted by molar-refractivity contribution is 5.96. The third-order valence-corrected chi connectivity index (χ3v) is 7.86. The molecule has 7 nitrogen and oxygen atoms in total. The van der Waals surface area contributed by atoms with Gasteiger partial charge in [0.25, 0.3) is 5.56 Å². The highest BCUT2D eigenvalue weighted by Crippen LogP contribution is 2.39. The largest absolute Gasteiger partial charge is 0.490 e. The molecular formula is C28H38N4O3. The minimum atomic E-state index is -0.982. The number of H-pyrrole nitrogens is 1. The molecule has 1 aliphatic heterocycles. The van der Waals surface area contributed by atoms with Crippen LogP contribution >= 0.6 is 0 Å². The highest BCUT2D eigenvalue weighted by atomic mass is 16.5. The summed E-state index contributed by atoms with van der Waals surface area (Å²) in [5, 5.41) is 15.0. The van der Waals surface area contributed by atoms with Crippen LogP contribution in [0.3, 0.4) is 0 Å². The Bertz CT molecular complexity index is 1240. The van der Waals surface area contributed by atoms with Crippen LogP contribution in [0.15, 0.2) is 41.5 Å². The lowest BCUT2D eigenvalue weighted by Gasteiger charge is -2.42. The first kappa shape index (κ1) is 24.1. The fraction of sp³-hybridized carbons (Fsp3) is 0.536.